The van der Waals surface area contributed by atoms with Crippen molar-refractivity contribution in [2.45, 2.75) is 138 Å². The van der Waals surface area contributed by atoms with Crippen LogP contribution in [0.25, 0.3) is 0 Å². The van der Waals surface area contributed by atoms with Gasteiger partial charge in [-0.2, -0.15) is 0 Å². The first-order valence-electron chi connectivity index (χ1n) is 19.5. The third-order valence-corrected chi connectivity index (χ3v) is 17.7. The highest BCUT2D eigenvalue weighted by Gasteiger charge is 2.72. The summed E-state index contributed by atoms with van der Waals surface area (Å²) in [5.74, 6) is 2.93. The summed E-state index contributed by atoms with van der Waals surface area (Å²) in [6.07, 6.45) is 11.6. The maximum absolute atomic E-state index is 14.8. The summed E-state index contributed by atoms with van der Waals surface area (Å²) in [6.45, 7) is 26.3. The molecule has 7 rings (SSSR count). The first-order valence-corrected chi connectivity index (χ1v) is 19.5. The van der Waals surface area contributed by atoms with Crippen LogP contribution in [0, 0.1) is 68.0 Å². The lowest BCUT2D eigenvalue weighted by molar-refractivity contribution is -0.246. The van der Waals surface area contributed by atoms with Crippen molar-refractivity contribution in [3.05, 3.63) is 12.2 Å². The first-order chi connectivity index (χ1) is 21.9. The third kappa shape index (κ3) is 4.53. The van der Waals surface area contributed by atoms with Crippen molar-refractivity contribution in [1.29, 1.82) is 0 Å². The molecule has 1 unspecified atom stereocenters. The van der Waals surface area contributed by atoms with Gasteiger partial charge in [0.2, 0.25) is 11.8 Å². The summed E-state index contributed by atoms with van der Waals surface area (Å²) in [6, 6.07) is 0.0330. The van der Waals surface area contributed by atoms with Crippen LogP contribution in [-0.4, -0.2) is 60.3 Å². The van der Waals surface area contributed by atoms with Crippen LogP contribution in [0.3, 0.4) is 0 Å². The van der Waals surface area contributed by atoms with Gasteiger partial charge in [0.05, 0.1) is 24.7 Å². The van der Waals surface area contributed by atoms with Gasteiger partial charge in [0.1, 0.15) is 0 Å². The van der Waals surface area contributed by atoms with E-state index in [1.807, 2.05) is 4.90 Å². The molecule has 0 aromatic heterocycles. The second-order valence-corrected chi connectivity index (χ2v) is 19.8. The summed E-state index contributed by atoms with van der Waals surface area (Å²) in [5.41, 5.74) is 1.29. The molecule has 0 aromatic rings. The van der Waals surface area contributed by atoms with Crippen LogP contribution in [0.2, 0.25) is 0 Å². The van der Waals surface area contributed by atoms with Crippen molar-refractivity contribution in [3.8, 4) is 0 Å². The highest BCUT2D eigenvalue weighted by atomic mass is 16.5. The molecule has 6 heteroatoms. The molecular formula is C41H66N2O4. The van der Waals surface area contributed by atoms with E-state index in [4.69, 9.17) is 4.74 Å². The largest absolute Gasteiger partial charge is 0.393 e. The molecule has 6 nitrogen and oxygen atoms in total. The van der Waals surface area contributed by atoms with Crippen molar-refractivity contribution in [1.82, 2.24) is 10.2 Å². The Balaban J connectivity index is 1.15. The minimum atomic E-state index is -0.343. The number of ether oxygens (including phenoxy) is 1. The zero-order chi connectivity index (χ0) is 33.9. The highest BCUT2D eigenvalue weighted by molar-refractivity contribution is 5.86. The Morgan fingerprint density at radius 1 is 0.809 bits per heavy atom. The minimum Gasteiger partial charge on any atom is -0.393 e. The number of morpholine rings is 1. The number of rotatable bonds is 4. The van der Waals surface area contributed by atoms with Gasteiger partial charge in [0.15, 0.2) is 0 Å². The average molecular weight is 651 g/mol. The molecule has 2 amide bonds. The molecule has 2 N–H and O–H groups in total. The Hall–Kier alpha value is -1.40. The molecule has 12 atom stereocenters. The Kier molecular flexibility index (Phi) is 8.01. The smallest absolute Gasteiger partial charge is 0.226 e. The number of nitrogens with one attached hydrogen (secondary N) is 1. The van der Waals surface area contributed by atoms with Gasteiger partial charge in [-0.3, -0.25) is 9.59 Å². The predicted octanol–water partition coefficient (Wildman–Crippen LogP) is 7.39. The molecule has 0 radical (unpaired) electrons. The van der Waals surface area contributed by atoms with E-state index in [9.17, 15) is 14.7 Å². The molecule has 6 saturated carbocycles. The van der Waals surface area contributed by atoms with Gasteiger partial charge in [0.25, 0.3) is 0 Å². The lowest BCUT2D eigenvalue weighted by Gasteiger charge is -2.72. The van der Waals surface area contributed by atoms with E-state index in [2.05, 4.69) is 67.3 Å². The molecule has 0 aromatic carbocycles. The summed E-state index contributed by atoms with van der Waals surface area (Å²) in [5, 5.41) is 14.7. The maximum Gasteiger partial charge on any atom is 0.226 e. The molecule has 7 aliphatic rings. The summed E-state index contributed by atoms with van der Waals surface area (Å²) < 4.78 is 5.49. The van der Waals surface area contributed by atoms with Crippen LogP contribution in [0.4, 0.5) is 0 Å². The maximum atomic E-state index is 14.8. The van der Waals surface area contributed by atoms with Crippen molar-refractivity contribution in [2.24, 2.45) is 68.0 Å². The summed E-state index contributed by atoms with van der Waals surface area (Å²) in [4.78, 5) is 30.3. The first kappa shape index (κ1) is 34.1. The van der Waals surface area contributed by atoms with E-state index < -0.39 is 0 Å². The van der Waals surface area contributed by atoms with E-state index in [-0.39, 0.29) is 62.4 Å². The number of nitrogens with zero attached hydrogens (tertiary/aromatic N) is 1. The third-order valence-electron chi connectivity index (χ3n) is 17.7. The molecule has 1 heterocycles. The van der Waals surface area contributed by atoms with E-state index in [0.29, 0.717) is 55.9 Å². The van der Waals surface area contributed by atoms with Gasteiger partial charge < -0.3 is 20.1 Å². The standard InChI is InChI=1S/C41H66N2O4/c1-25(2)26-12-17-41(35(46)42-31-24-28(36(31,3)4)34(45)43-20-22-47-23-21-43)19-18-39(8)27(33(26)41)10-11-30-38(7)15-14-32(44)37(5,6)29(38)13-16-40(30,39)9/h26-33,44H,1,10-24H2,2-9H3,(H,42,46)/t26-,27+,28-,29-,30+,31?,32-,33+,38-,39+,40+,41-/m0/s1. The quantitative estimate of drug-likeness (QED) is 0.311. The number of carbonyl (C=O) groups is 2. The Morgan fingerprint density at radius 2 is 1.51 bits per heavy atom. The predicted molar refractivity (Wildman–Crippen MR) is 186 cm³/mol. The average Bonchev–Trinajstić information content (AvgIpc) is 3.43. The fourth-order valence-electron chi connectivity index (χ4n) is 14.4. The normalized spacial score (nSPS) is 49.8. The van der Waals surface area contributed by atoms with Crippen LogP contribution in [0.15, 0.2) is 12.2 Å². The minimum absolute atomic E-state index is 0.0330. The summed E-state index contributed by atoms with van der Waals surface area (Å²) >= 11 is 0. The van der Waals surface area contributed by atoms with Crippen molar-refractivity contribution in [3.63, 3.8) is 0 Å². The van der Waals surface area contributed by atoms with Crippen LogP contribution in [0.1, 0.15) is 126 Å². The number of aliphatic hydroxyl groups excluding tert-OH is 1. The number of hydrogen-bond acceptors (Lipinski definition) is 4. The topological polar surface area (TPSA) is 78.9 Å². The zero-order valence-electron chi connectivity index (χ0n) is 31.1. The van der Waals surface area contributed by atoms with E-state index in [1.54, 1.807) is 0 Å². The van der Waals surface area contributed by atoms with Gasteiger partial charge in [0, 0.05) is 25.0 Å². The fourth-order valence-corrected chi connectivity index (χ4v) is 14.4. The molecule has 0 bridgehead atoms. The van der Waals surface area contributed by atoms with Gasteiger partial charge in [-0.15, -0.1) is 0 Å². The van der Waals surface area contributed by atoms with Gasteiger partial charge in [-0.1, -0.05) is 60.6 Å². The van der Waals surface area contributed by atoms with Crippen molar-refractivity contribution < 1.29 is 19.4 Å². The Morgan fingerprint density at radius 3 is 2.17 bits per heavy atom. The number of fused-ring (bicyclic) bond motifs is 7. The lowest BCUT2D eigenvalue weighted by Crippen LogP contribution is -2.68. The monoisotopic (exact) mass is 651 g/mol. The molecule has 264 valence electrons. The van der Waals surface area contributed by atoms with Crippen LogP contribution in [-0.2, 0) is 14.3 Å². The second-order valence-electron chi connectivity index (χ2n) is 19.8. The number of allylic oxidation sites excluding steroid dienone is 1. The lowest BCUT2D eigenvalue weighted by atomic mass is 9.32. The van der Waals surface area contributed by atoms with E-state index in [0.717, 1.165) is 44.9 Å². The second kappa shape index (κ2) is 11.0. The van der Waals surface area contributed by atoms with E-state index >= 15 is 0 Å². The van der Waals surface area contributed by atoms with Gasteiger partial charge in [-0.05, 0) is 134 Å². The molecule has 6 aliphatic carbocycles. The SMILES string of the molecule is C=C(C)[C@@H]1CC[C@]2(C(=O)NC3C[C@@H](C(=O)N4CCOCC4)C3(C)C)CC[C@]3(C)[C@H](CC[C@@H]4[C@@]5(C)CC[C@H](O)C(C)(C)[C@@H]5CC[C@]43C)[C@@H]12. The summed E-state index contributed by atoms with van der Waals surface area (Å²) in [7, 11) is 0. The number of hydrogen-bond donors (Lipinski definition) is 2. The molecule has 0 spiro atoms. The highest BCUT2D eigenvalue weighted by Crippen LogP contribution is 2.77. The molecule has 1 saturated heterocycles. The zero-order valence-corrected chi connectivity index (χ0v) is 31.1. The van der Waals surface area contributed by atoms with E-state index in [1.165, 1.54) is 31.3 Å². The number of carbonyl (C=O) groups excluding carboxylic acids is 2. The van der Waals surface area contributed by atoms with Gasteiger partial charge in [-0.25, -0.2) is 0 Å². The van der Waals surface area contributed by atoms with Crippen molar-refractivity contribution in [2.75, 3.05) is 26.3 Å². The molecule has 47 heavy (non-hydrogen) atoms. The number of amides is 2. The Bertz CT molecular complexity index is 1300. The van der Waals surface area contributed by atoms with Crippen molar-refractivity contribution >= 4 is 11.8 Å². The van der Waals surface area contributed by atoms with Crippen LogP contribution >= 0.6 is 0 Å². The molecular weight excluding hydrogens is 584 g/mol. The number of aliphatic hydroxyl groups is 1. The van der Waals surface area contributed by atoms with Crippen LogP contribution in [0.5, 0.6) is 0 Å². The molecule has 7 fully saturated rings. The molecule has 1 aliphatic heterocycles. The van der Waals surface area contributed by atoms with Gasteiger partial charge >= 0.3 is 0 Å². The fraction of sp³-hybridized carbons (Fsp3) is 0.902. The Labute approximate surface area is 285 Å². The van der Waals surface area contributed by atoms with Crippen LogP contribution < -0.4 is 5.32 Å².